The van der Waals surface area contributed by atoms with Gasteiger partial charge in [-0.25, -0.2) is 4.79 Å². The number of carboxylic acid groups (broad SMARTS) is 1. The molecule has 1 aromatic carbocycles. The van der Waals surface area contributed by atoms with Gasteiger partial charge in [0.2, 0.25) is 5.91 Å². The Kier molecular flexibility index (Phi) is 7.29. The van der Waals surface area contributed by atoms with Gasteiger partial charge in [-0.3, -0.25) is 4.79 Å². The second-order valence-electron chi connectivity index (χ2n) is 5.09. The number of anilines is 1. The highest BCUT2D eigenvalue weighted by atomic mass is 16.4. The molecule has 5 heteroatoms. The Hall–Kier alpha value is -2.04. The summed E-state index contributed by atoms with van der Waals surface area (Å²) in [5.41, 5.74) is 2.11. The summed E-state index contributed by atoms with van der Waals surface area (Å²) < 4.78 is 0. The predicted molar refractivity (Wildman–Crippen MR) is 83.4 cm³/mol. The maximum absolute atomic E-state index is 11.8. The number of nitrogens with one attached hydrogen (secondary N) is 2. The third kappa shape index (κ3) is 6.29. The smallest absolute Gasteiger partial charge is 0.326 e. The van der Waals surface area contributed by atoms with Gasteiger partial charge in [0.05, 0.1) is 0 Å². The van der Waals surface area contributed by atoms with E-state index in [2.05, 4.69) is 10.6 Å². The summed E-state index contributed by atoms with van der Waals surface area (Å²) in [6.45, 7) is 4.47. The van der Waals surface area contributed by atoms with E-state index in [4.69, 9.17) is 5.11 Å². The molecule has 0 bridgehead atoms. The van der Waals surface area contributed by atoms with Crippen LogP contribution >= 0.6 is 0 Å². The van der Waals surface area contributed by atoms with Crippen molar-refractivity contribution in [2.24, 2.45) is 0 Å². The van der Waals surface area contributed by atoms with Crippen molar-refractivity contribution < 1.29 is 14.7 Å². The van der Waals surface area contributed by atoms with Crippen molar-refractivity contribution >= 4 is 17.6 Å². The van der Waals surface area contributed by atoms with Crippen LogP contribution < -0.4 is 10.6 Å². The first kappa shape index (κ1) is 17.0. The molecule has 116 valence electrons. The topological polar surface area (TPSA) is 78.4 Å². The molecule has 0 heterocycles. The number of benzene rings is 1. The Morgan fingerprint density at radius 1 is 1.29 bits per heavy atom. The van der Waals surface area contributed by atoms with Gasteiger partial charge in [0.15, 0.2) is 0 Å². The zero-order valence-corrected chi connectivity index (χ0v) is 12.7. The summed E-state index contributed by atoms with van der Waals surface area (Å²) in [5, 5.41) is 14.8. The van der Waals surface area contributed by atoms with Crippen molar-refractivity contribution in [1.29, 1.82) is 0 Å². The third-order valence-electron chi connectivity index (χ3n) is 3.29. The van der Waals surface area contributed by atoms with Gasteiger partial charge in [0, 0.05) is 18.7 Å². The highest BCUT2D eigenvalue weighted by Crippen LogP contribution is 2.12. The number of aliphatic carboxylic acids is 1. The average molecular weight is 292 g/mol. The Morgan fingerprint density at radius 2 is 2.00 bits per heavy atom. The summed E-state index contributed by atoms with van der Waals surface area (Å²) in [4.78, 5) is 22.8. The van der Waals surface area contributed by atoms with Crippen LogP contribution in [0.1, 0.15) is 38.2 Å². The molecule has 0 radical (unpaired) electrons. The van der Waals surface area contributed by atoms with E-state index in [0.717, 1.165) is 24.1 Å². The number of carbonyl (C=O) groups is 2. The number of rotatable bonds is 9. The molecular formula is C16H24N2O3. The Labute approximate surface area is 125 Å². The molecule has 1 atom stereocenters. The third-order valence-corrected chi connectivity index (χ3v) is 3.29. The minimum atomic E-state index is -0.969. The highest BCUT2D eigenvalue weighted by Gasteiger charge is 2.18. The molecule has 0 aliphatic carbocycles. The van der Waals surface area contributed by atoms with Crippen LogP contribution in [0.4, 0.5) is 5.69 Å². The van der Waals surface area contributed by atoms with Gasteiger partial charge < -0.3 is 15.7 Å². The average Bonchev–Trinajstić information content (AvgIpc) is 2.45. The van der Waals surface area contributed by atoms with Crippen molar-refractivity contribution in [3.05, 3.63) is 29.8 Å². The Balaban J connectivity index is 2.36. The number of hydrogen-bond donors (Lipinski definition) is 3. The molecule has 5 nitrogen and oxygen atoms in total. The molecule has 0 aliphatic rings. The maximum atomic E-state index is 11.8. The van der Waals surface area contributed by atoms with Crippen LogP contribution in [-0.2, 0) is 9.59 Å². The second-order valence-corrected chi connectivity index (χ2v) is 5.09. The van der Waals surface area contributed by atoms with Crippen LogP contribution in [0.3, 0.4) is 0 Å². The summed E-state index contributed by atoms with van der Waals surface area (Å²) in [7, 11) is 0. The lowest BCUT2D eigenvalue weighted by Gasteiger charge is -2.14. The van der Waals surface area contributed by atoms with Crippen molar-refractivity contribution in [1.82, 2.24) is 5.32 Å². The first-order valence-corrected chi connectivity index (χ1v) is 7.36. The summed E-state index contributed by atoms with van der Waals surface area (Å²) in [6.07, 6.45) is 2.43. The predicted octanol–water partition coefficient (Wildman–Crippen LogP) is 2.56. The Morgan fingerprint density at radius 3 is 2.62 bits per heavy atom. The molecule has 0 saturated carbocycles. The SMILES string of the molecule is CCCC[C@H](NC(=O)CCNc1ccccc1C)C(=O)O. The number of aryl methyl sites for hydroxylation is 1. The van der Waals surface area contributed by atoms with Crippen molar-refractivity contribution in [2.45, 2.75) is 45.6 Å². The zero-order valence-electron chi connectivity index (χ0n) is 12.7. The van der Waals surface area contributed by atoms with E-state index in [0.29, 0.717) is 13.0 Å². The molecule has 21 heavy (non-hydrogen) atoms. The molecule has 0 aliphatic heterocycles. The molecule has 0 unspecified atom stereocenters. The van der Waals surface area contributed by atoms with Crippen LogP contribution in [0.2, 0.25) is 0 Å². The van der Waals surface area contributed by atoms with Crippen LogP contribution in [0.15, 0.2) is 24.3 Å². The normalized spacial score (nSPS) is 11.7. The molecule has 0 fully saturated rings. The molecule has 0 spiro atoms. The van der Waals surface area contributed by atoms with Crippen LogP contribution in [-0.4, -0.2) is 29.6 Å². The molecule has 1 rings (SSSR count). The molecule has 3 N–H and O–H groups in total. The molecular weight excluding hydrogens is 268 g/mol. The fourth-order valence-electron chi connectivity index (χ4n) is 2.01. The lowest BCUT2D eigenvalue weighted by atomic mass is 10.1. The molecule has 1 aromatic rings. The van der Waals surface area contributed by atoms with Crippen LogP contribution in [0.25, 0.3) is 0 Å². The number of para-hydroxylation sites is 1. The van der Waals surface area contributed by atoms with E-state index >= 15 is 0 Å². The number of carbonyl (C=O) groups excluding carboxylic acids is 1. The van der Waals surface area contributed by atoms with E-state index in [1.807, 2.05) is 38.1 Å². The van der Waals surface area contributed by atoms with Gasteiger partial charge >= 0.3 is 5.97 Å². The van der Waals surface area contributed by atoms with E-state index in [1.54, 1.807) is 0 Å². The number of hydrogen-bond acceptors (Lipinski definition) is 3. The van der Waals surface area contributed by atoms with E-state index in [9.17, 15) is 9.59 Å². The number of amides is 1. The van der Waals surface area contributed by atoms with Gasteiger partial charge in [0.25, 0.3) is 0 Å². The summed E-state index contributed by atoms with van der Waals surface area (Å²) >= 11 is 0. The molecule has 0 saturated heterocycles. The first-order chi connectivity index (χ1) is 10.0. The van der Waals surface area contributed by atoms with Crippen LogP contribution in [0.5, 0.6) is 0 Å². The number of carboxylic acids is 1. The van der Waals surface area contributed by atoms with Crippen molar-refractivity contribution in [2.75, 3.05) is 11.9 Å². The van der Waals surface area contributed by atoms with Crippen molar-refractivity contribution in [3.8, 4) is 0 Å². The lowest BCUT2D eigenvalue weighted by molar-refractivity contribution is -0.142. The largest absolute Gasteiger partial charge is 0.480 e. The van der Waals surface area contributed by atoms with Gasteiger partial charge in [0.1, 0.15) is 6.04 Å². The number of unbranched alkanes of at least 4 members (excludes halogenated alkanes) is 1. The molecule has 1 amide bonds. The summed E-state index contributed by atoms with van der Waals surface area (Å²) in [6, 6.07) is 7.05. The fourth-order valence-corrected chi connectivity index (χ4v) is 2.01. The van der Waals surface area contributed by atoms with E-state index < -0.39 is 12.0 Å². The van der Waals surface area contributed by atoms with Gasteiger partial charge in [-0.1, -0.05) is 38.0 Å². The van der Waals surface area contributed by atoms with Gasteiger partial charge in [-0.15, -0.1) is 0 Å². The Bertz CT molecular complexity index is 474. The minimum Gasteiger partial charge on any atom is -0.480 e. The zero-order chi connectivity index (χ0) is 15.7. The maximum Gasteiger partial charge on any atom is 0.326 e. The standard InChI is InChI=1S/C16H24N2O3/c1-3-4-8-14(16(20)21)18-15(19)10-11-17-13-9-6-5-7-12(13)2/h5-7,9,14,17H,3-4,8,10-11H2,1-2H3,(H,18,19)(H,20,21)/t14-/m0/s1. The quantitative estimate of drug-likeness (QED) is 0.653. The highest BCUT2D eigenvalue weighted by molar-refractivity contribution is 5.83. The summed E-state index contributed by atoms with van der Waals surface area (Å²) in [5.74, 6) is -1.21. The first-order valence-electron chi connectivity index (χ1n) is 7.36. The van der Waals surface area contributed by atoms with E-state index in [1.165, 1.54) is 0 Å². The fraction of sp³-hybridized carbons (Fsp3) is 0.500. The van der Waals surface area contributed by atoms with Gasteiger partial charge in [-0.05, 0) is 25.0 Å². The van der Waals surface area contributed by atoms with Gasteiger partial charge in [-0.2, -0.15) is 0 Å². The monoisotopic (exact) mass is 292 g/mol. The minimum absolute atomic E-state index is 0.236. The lowest BCUT2D eigenvalue weighted by Crippen LogP contribution is -2.41. The molecule has 0 aromatic heterocycles. The second kappa shape index (κ2) is 9.00. The van der Waals surface area contributed by atoms with Crippen LogP contribution in [0, 0.1) is 6.92 Å². The van der Waals surface area contributed by atoms with Crippen molar-refractivity contribution in [3.63, 3.8) is 0 Å². The van der Waals surface area contributed by atoms with E-state index in [-0.39, 0.29) is 12.3 Å².